The van der Waals surface area contributed by atoms with Crippen molar-refractivity contribution < 1.29 is 27.4 Å². The molecule has 0 atom stereocenters. The zero-order valence-electron chi connectivity index (χ0n) is 12.9. The molecule has 0 fully saturated rings. The molecule has 0 saturated carbocycles. The fraction of sp³-hybridized carbons (Fsp3) is 0.533. The number of rotatable bonds is 9. The topological polar surface area (TPSA) is 59.6 Å². The number of unbranched alkanes of at least 4 members (excludes halogenated alkanes) is 1. The molecule has 1 rings (SSSR count). The van der Waals surface area contributed by atoms with Crippen LogP contribution in [0.5, 0.6) is 5.75 Å². The summed E-state index contributed by atoms with van der Waals surface area (Å²) in [6.45, 7) is 3.82. The summed E-state index contributed by atoms with van der Waals surface area (Å²) in [6, 6.07) is 4.49. The van der Waals surface area contributed by atoms with Gasteiger partial charge in [0, 0.05) is 25.4 Å². The van der Waals surface area contributed by atoms with Gasteiger partial charge in [0.25, 0.3) is 0 Å². The second-order valence-corrected chi connectivity index (χ2v) is 4.77. The number of benzene rings is 1. The molecule has 5 nitrogen and oxygen atoms in total. The van der Waals surface area contributed by atoms with Crippen LogP contribution in [0.3, 0.4) is 0 Å². The summed E-state index contributed by atoms with van der Waals surface area (Å²) in [5.41, 5.74) is 0.372. The van der Waals surface area contributed by atoms with Crippen LogP contribution in [0.15, 0.2) is 24.3 Å². The average molecular weight is 334 g/mol. The number of carbonyl (C=O) groups is 1. The minimum Gasteiger partial charge on any atom is -0.406 e. The van der Waals surface area contributed by atoms with Gasteiger partial charge in [0.1, 0.15) is 5.75 Å². The van der Waals surface area contributed by atoms with Gasteiger partial charge in [0.05, 0.1) is 0 Å². The van der Waals surface area contributed by atoms with E-state index in [1.807, 2.05) is 0 Å². The number of amides is 2. The Bertz CT molecular complexity index is 464. The first-order chi connectivity index (χ1) is 10.9. The summed E-state index contributed by atoms with van der Waals surface area (Å²) in [4.78, 5) is 11.6. The lowest BCUT2D eigenvalue weighted by molar-refractivity contribution is -0.274. The molecule has 0 unspecified atom stereocenters. The van der Waals surface area contributed by atoms with Gasteiger partial charge in [0.15, 0.2) is 0 Å². The van der Waals surface area contributed by atoms with E-state index >= 15 is 0 Å². The second-order valence-electron chi connectivity index (χ2n) is 4.77. The number of ether oxygens (including phenoxy) is 2. The molecule has 0 bridgehead atoms. The van der Waals surface area contributed by atoms with Gasteiger partial charge in [-0.05, 0) is 37.1 Å². The molecule has 23 heavy (non-hydrogen) atoms. The standard InChI is InChI=1S/C15H21F3N2O3/c1-2-3-10-22-11-4-9-19-14(21)20-12-5-7-13(8-6-12)23-15(16,17)18/h5-8H,2-4,9-11H2,1H3,(H2,19,20,21). The lowest BCUT2D eigenvalue weighted by Gasteiger charge is -2.10. The number of anilines is 1. The van der Waals surface area contributed by atoms with Crippen molar-refractivity contribution >= 4 is 11.7 Å². The molecule has 0 aromatic heterocycles. The first-order valence-electron chi connectivity index (χ1n) is 7.39. The van der Waals surface area contributed by atoms with Gasteiger partial charge in [-0.25, -0.2) is 4.79 Å². The Morgan fingerprint density at radius 3 is 2.39 bits per heavy atom. The van der Waals surface area contributed by atoms with Crippen molar-refractivity contribution in [1.29, 1.82) is 0 Å². The molecule has 8 heteroatoms. The Morgan fingerprint density at radius 2 is 1.78 bits per heavy atom. The normalized spacial score (nSPS) is 11.1. The molecular weight excluding hydrogens is 313 g/mol. The molecule has 2 N–H and O–H groups in total. The van der Waals surface area contributed by atoms with Gasteiger partial charge >= 0.3 is 12.4 Å². The third kappa shape index (κ3) is 9.62. The largest absolute Gasteiger partial charge is 0.573 e. The van der Waals surface area contributed by atoms with Crippen LogP contribution in [-0.2, 0) is 4.74 Å². The van der Waals surface area contributed by atoms with E-state index in [2.05, 4.69) is 22.3 Å². The quantitative estimate of drug-likeness (QED) is 0.673. The molecule has 0 spiro atoms. The van der Waals surface area contributed by atoms with Crippen molar-refractivity contribution in [2.75, 3.05) is 25.1 Å². The van der Waals surface area contributed by atoms with Crippen molar-refractivity contribution in [3.63, 3.8) is 0 Å². The summed E-state index contributed by atoms with van der Waals surface area (Å²) in [7, 11) is 0. The number of hydrogen-bond donors (Lipinski definition) is 2. The van der Waals surface area contributed by atoms with Gasteiger partial charge in [-0.1, -0.05) is 13.3 Å². The molecule has 0 aliphatic rings. The SMILES string of the molecule is CCCCOCCCNC(=O)Nc1ccc(OC(F)(F)F)cc1. The van der Waals surface area contributed by atoms with Crippen molar-refractivity contribution in [2.45, 2.75) is 32.5 Å². The van der Waals surface area contributed by atoms with Crippen LogP contribution in [-0.4, -0.2) is 32.2 Å². The number of nitrogens with one attached hydrogen (secondary N) is 2. The van der Waals surface area contributed by atoms with Gasteiger partial charge in [-0.15, -0.1) is 13.2 Å². The van der Waals surface area contributed by atoms with E-state index in [-0.39, 0.29) is 5.75 Å². The maximum Gasteiger partial charge on any atom is 0.573 e. The molecule has 0 aliphatic carbocycles. The maximum atomic E-state index is 12.0. The van der Waals surface area contributed by atoms with E-state index in [9.17, 15) is 18.0 Å². The zero-order valence-corrected chi connectivity index (χ0v) is 12.9. The van der Waals surface area contributed by atoms with Crippen LogP contribution in [0.4, 0.5) is 23.7 Å². The van der Waals surface area contributed by atoms with Crippen LogP contribution in [0.1, 0.15) is 26.2 Å². The molecule has 1 aromatic carbocycles. The first-order valence-corrected chi connectivity index (χ1v) is 7.39. The number of urea groups is 1. The summed E-state index contributed by atoms with van der Waals surface area (Å²) in [5, 5.41) is 5.15. The fourth-order valence-corrected chi connectivity index (χ4v) is 1.64. The molecule has 2 amide bonds. The van der Waals surface area contributed by atoms with Crippen LogP contribution >= 0.6 is 0 Å². The lowest BCUT2D eigenvalue weighted by Crippen LogP contribution is -2.30. The Balaban J connectivity index is 2.21. The van der Waals surface area contributed by atoms with E-state index < -0.39 is 12.4 Å². The Kier molecular flexibility index (Phi) is 8.25. The molecule has 130 valence electrons. The van der Waals surface area contributed by atoms with Crippen molar-refractivity contribution in [2.24, 2.45) is 0 Å². The van der Waals surface area contributed by atoms with E-state index in [1.54, 1.807) is 0 Å². The smallest absolute Gasteiger partial charge is 0.406 e. The van der Waals surface area contributed by atoms with E-state index in [0.29, 0.717) is 25.3 Å². The lowest BCUT2D eigenvalue weighted by atomic mass is 10.3. The van der Waals surface area contributed by atoms with Crippen LogP contribution in [0.25, 0.3) is 0 Å². The highest BCUT2D eigenvalue weighted by Gasteiger charge is 2.30. The van der Waals surface area contributed by atoms with Crippen molar-refractivity contribution in [3.05, 3.63) is 24.3 Å². The molecule has 0 heterocycles. The highest BCUT2D eigenvalue weighted by atomic mass is 19.4. The minimum atomic E-state index is -4.73. The minimum absolute atomic E-state index is 0.340. The zero-order chi connectivity index (χ0) is 17.1. The average Bonchev–Trinajstić information content (AvgIpc) is 2.47. The predicted molar refractivity (Wildman–Crippen MR) is 80.5 cm³/mol. The fourth-order valence-electron chi connectivity index (χ4n) is 1.64. The number of carbonyl (C=O) groups excluding carboxylic acids is 1. The Labute approximate surface area is 133 Å². The maximum absolute atomic E-state index is 12.0. The van der Waals surface area contributed by atoms with Gasteiger partial charge < -0.3 is 20.1 Å². The van der Waals surface area contributed by atoms with Crippen LogP contribution < -0.4 is 15.4 Å². The van der Waals surface area contributed by atoms with Crippen molar-refractivity contribution in [1.82, 2.24) is 5.32 Å². The molecular formula is C15H21F3N2O3. The van der Waals surface area contributed by atoms with Gasteiger partial charge in [-0.3, -0.25) is 0 Å². The number of alkyl halides is 3. The van der Waals surface area contributed by atoms with E-state index in [0.717, 1.165) is 31.6 Å². The molecule has 0 saturated heterocycles. The van der Waals surface area contributed by atoms with Crippen LogP contribution in [0.2, 0.25) is 0 Å². The summed E-state index contributed by atoms with van der Waals surface area (Å²) < 4.78 is 45.1. The Hall–Kier alpha value is -1.96. The Morgan fingerprint density at radius 1 is 1.13 bits per heavy atom. The molecule has 0 radical (unpaired) electrons. The highest BCUT2D eigenvalue weighted by Crippen LogP contribution is 2.23. The van der Waals surface area contributed by atoms with Gasteiger partial charge in [-0.2, -0.15) is 0 Å². The van der Waals surface area contributed by atoms with Crippen molar-refractivity contribution in [3.8, 4) is 5.75 Å². The summed E-state index contributed by atoms with van der Waals surface area (Å²) >= 11 is 0. The van der Waals surface area contributed by atoms with E-state index in [4.69, 9.17) is 4.74 Å². The predicted octanol–water partition coefficient (Wildman–Crippen LogP) is 3.91. The number of hydrogen-bond acceptors (Lipinski definition) is 3. The van der Waals surface area contributed by atoms with E-state index in [1.165, 1.54) is 12.1 Å². The van der Waals surface area contributed by atoms with Gasteiger partial charge in [0.2, 0.25) is 0 Å². The van der Waals surface area contributed by atoms with Crippen LogP contribution in [0, 0.1) is 0 Å². The molecule has 0 aliphatic heterocycles. The summed E-state index contributed by atoms with van der Waals surface area (Å²) in [6.07, 6.45) is -1.95. The third-order valence-electron chi connectivity index (χ3n) is 2.74. The highest BCUT2D eigenvalue weighted by molar-refractivity contribution is 5.89. The number of halogens is 3. The second kappa shape index (κ2) is 9.94. The first kappa shape index (κ1) is 19.1. The summed E-state index contributed by atoms with van der Waals surface area (Å²) in [5.74, 6) is -0.340. The molecule has 1 aromatic rings. The third-order valence-corrected chi connectivity index (χ3v) is 2.74. The monoisotopic (exact) mass is 334 g/mol.